The molecule has 1 aliphatic heterocycles. The predicted octanol–water partition coefficient (Wildman–Crippen LogP) is 3.93. The van der Waals surface area contributed by atoms with E-state index < -0.39 is 0 Å². The molecule has 0 aromatic heterocycles. The average molecular weight is 334 g/mol. The fourth-order valence-corrected chi connectivity index (χ4v) is 4.67. The summed E-state index contributed by atoms with van der Waals surface area (Å²) in [6.45, 7) is 1.43. The lowest BCUT2D eigenvalue weighted by molar-refractivity contribution is -0.158. The Morgan fingerprint density at radius 2 is 1.87 bits per heavy atom. The average Bonchev–Trinajstić information content (AvgIpc) is 2.55. The van der Waals surface area contributed by atoms with Gasteiger partial charge in [-0.15, -0.1) is 0 Å². The van der Waals surface area contributed by atoms with Gasteiger partial charge in [-0.1, -0.05) is 43.0 Å². The van der Waals surface area contributed by atoms with E-state index in [0.29, 0.717) is 12.5 Å². The molecule has 3 fully saturated rings. The van der Waals surface area contributed by atoms with E-state index in [-0.39, 0.29) is 17.6 Å². The maximum Gasteiger partial charge on any atom is 0.233 e. The van der Waals surface area contributed by atoms with E-state index in [1.165, 1.54) is 12.8 Å². The maximum atomic E-state index is 13.5. The molecule has 2 atom stereocenters. The quantitative estimate of drug-likeness (QED) is 0.820. The number of hydrogen-bond donors (Lipinski definition) is 0. The largest absolute Gasteiger partial charge is 0.374 e. The van der Waals surface area contributed by atoms with Gasteiger partial charge in [0.1, 0.15) is 0 Å². The highest BCUT2D eigenvalue weighted by molar-refractivity contribution is 6.30. The van der Waals surface area contributed by atoms with Gasteiger partial charge in [-0.05, 0) is 43.4 Å². The lowest BCUT2D eigenvalue weighted by Crippen LogP contribution is -2.61. The van der Waals surface area contributed by atoms with Gasteiger partial charge in [0.05, 0.1) is 24.2 Å². The molecule has 1 amide bonds. The van der Waals surface area contributed by atoms with E-state index in [0.717, 1.165) is 49.2 Å². The molecule has 1 heterocycles. The second-order valence-corrected chi connectivity index (χ2v) is 7.64. The lowest BCUT2D eigenvalue weighted by Gasteiger charge is -2.50. The number of carbonyl (C=O) groups excluding carboxylic acids is 1. The molecule has 0 radical (unpaired) electrons. The summed E-state index contributed by atoms with van der Waals surface area (Å²) in [6.07, 6.45) is 7.93. The molecule has 3 nitrogen and oxygen atoms in total. The first-order valence-corrected chi connectivity index (χ1v) is 9.27. The molecule has 1 aromatic carbocycles. The molecular formula is C19H24ClNO2. The van der Waals surface area contributed by atoms with Crippen LogP contribution in [0.25, 0.3) is 0 Å². The van der Waals surface area contributed by atoms with Crippen LogP contribution in [-0.4, -0.2) is 36.1 Å². The Balaban J connectivity index is 1.62. The fourth-order valence-electron chi connectivity index (χ4n) is 4.55. The summed E-state index contributed by atoms with van der Waals surface area (Å²) in [4.78, 5) is 15.6. The number of ether oxygens (including phenoxy) is 1. The number of nitrogens with zero attached hydrogens (tertiary/aromatic N) is 1. The zero-order valence-electron chi connectivity index (χ0n) is 13.5. The molecule has 1 saturated heterocycles. The smallest absolute Gasteiger partial charge is 0.233 e. The Bertz CT molecular complexity index is 580. The lowest BCUT2D eigenvalue weighted by atomic mass is 9.63. The van der Waals surface area contributed by atoms with Crippen LogP contribution in [0.2, 0.25) is 5.02 Å². The van der Waals surface area contributed by atoms with E-state index in [1.54, 1.807) is 0 Å². The molecule has 1 aromatic rings. The zero-order valence-corrected chi connectivity index (χ0v) is 14.2. The van der Waals surface area contributed by atoms with Crippen LogP contribution >= 0.6 is 11.6 Å². The standard InChI is InChI=1S/C19H24ClNO2/c20-15-8-6-14(7-9-15)19(10-3-11-19)18(22)21-12-13-23-17-5-2-1-4-16(17)21/h6-9,16-17H,1-5,10-13H2. The van der Waals surface area contributed by atoms with Crippen LogP contribution in [0.15, 0.2) is 24.3 Å². The minimum atomic E-state index is -0.316. The van der Waals surface area contributed by atoms with E-state index in [9.17, 15) is 4.79 Å². The van der Waals surface area contributed by atoms with Crippen molar-refractivity contribution in [2.24, 2.45) is 0 Å². The second kappa shape index (κ2) is 6.10. The topological polar surface area (TPSA) is 29.5 Å². The number of fused-ring (bicyclic) bond motifs is 1. The van der Waals surface area contributed by atoms with Crippen molar-refractivity contribution in [3.05, 3.63) is 34.9 Å². The van der Waals surface area contributed by atoms with Crippen LogP contribution < -0.4 is 0 Å². The van der Waals surface area contributed by atoms with Crippen LogP contribution in [0.3, 0.4) is 0 Å². The SMILES string of the molecule is O=C(N1CCOC2CCCCC21)C1(c2ccc(Cl)cc2)CCC1. The molecule has 4 heteroatoms. The van der Waals surface area contributed by atoms with Gasteiger partial charge in [0.15, 0.2) is 0 Å². The van der Waals surface area contributed by atoms with Gasteiger partial charge in [-0.25, -0.2) is 0 Å². The molecule has 124 valence electrons. The zero-order chi connectivity index (χ0) is 15.9. The van der Waals surface area contributed by atoms with Crippen molar-refractivity contribution in [3.8, 4) is 0 Å². The number of halogens is 1. The number of hydrogen-bond acceptors (Lipinski definition) is 2. The number of rotatable bonds is 2. The van der Waals surface area contributed by atoms with Gasteiger partial charge in [0.2, 0.25) is 5.91 Å². The predicted molar refractivity (Wildman–Crippen MR) is 90.7 cm³/mol. The van der Waals surface area contributed by atoms with Gasteiger partial charge < -0.3 is 9.64 Å². The Morgan fingerprint density at radius 3 is 2.57 bits per heavy atom. The first-order chi connectivity index (χ1) is 11.2. The Hall–Kier alpha value is -1.06. The third kappa shape index (κ3) is 2.58. The number of carbonyl (C=O) groups is 1. The van der Waals surface area contributed by atoms with Crippen molar-refractivity contribution in [1.82, 2.24) is 4.90 Å². The van der Waals surface area contributed by atoms with E-state index in [1.807, 2.05) is 24.3 Å². The normalized spacial score (nSPS) is 29.5. The third-order valence-electron chi connectivity index (χ3n) is 6.01. The van der Waals surface area contributed by atoms with Crippen molar-refractivity contribution in [1.29, 1.82) is 0 Å². The molecule has 3 aliphatic rings. The number of benzene rings is 1. The van der Waals surface area contributed by atoms with Crippen molar-refractivity contribution in [2.45, 2.75) is 62.5 Å². The maximum absolute atomic E-state index is 13.5. The first-order valence-electron chi connectivity index (χ1n) is 8.89. The summed E-state index contributed by atoms with van der Waals surface area (Å²) < 4.78 is 5.94. The van der Waals surface area contributed by atoms with Crippen molar-refractivity contribution in [2.75, 3.05) is 13.2 Å². The summed E-state index contributed by atoms with van der Waals surface area (Å²) in [7, 11) is 0. The Morgan fingerprint density at radius 1 is 1.13 bits per heavy atom. The van der Waals surface area contributed by atoms with Crippen molar-refractivity contribution >= 4 is 17.5 Å². The van der Waals surface area contributed by atoms with Gasteiger partial charge in [-0.2, -0.15) is 0 Å². The summed E-state index contributed by atoms with van der Waals surface area (Å²) in [5.74, 6) is 0.325. The van der Waals surface area contributed by atoms with Crippen LogP contribution in [-0.2, 0) is 14.9 Å². The molecule has 4 rings (SSSR count). The van der Waals surface area contributed by atoms with E-state index in [2.05, 4.69) is 4.90 Å². The summed E-state index contributed by atoms with van der Waals surface area (Å²) in [5.41, 5.74) is 0.821. The minimum Gasteiger partial charge on any atom is -0.374 e. The van der Waals surface area contributed by atoms with Gasteiger partial charge >= 0.3 is 0 Å². The molecule has 2 saturated carbocycles. The fraction of sp³-hybridized carbons (Fsp3) is 0.632. The highest BCUT2D eigenvalue weighted by Gasteiger charge is 2.50. The van der Waals surface area contributed by atoms with Crippen LogP contribution in [0.5, 0.6) is 0 Å². The number of morpholine rings is 1. The molecule has 23 heavy (non-hydrogen) atoms. The summed E-state index contributed by atoms with van der Waals surface area (Å²) >= 11 is 6.03. The highest BCUT2D eigenvalue weighted by atomic mass is 35.5. The van der Waals surface area contributed by atoms with Gasteiger partial charge in [-0.3, -0.25) is 4.79 Å². The first kappa shape index (κ1) is 15.5. The van der Waals surface area contributed by atoms with Crippen molar-refractivity contribution < 1.29 is 9.53 Å². The molecule has 2 aliphatic carbocycles. The summed E-state index contributed by atoms with van der Waals surface area (Å²) in [5, 5.41) is 0.731. The highest BCUT2D eigenvalue weighted by Crippen LogP contribution is 2.46. The van der Waals surface area contributed by atoms with Crippen LogP contribution in [0, 0.1) is 0 Å². The molecule has 0 N–H and O–H groups in total. The molecule has 2 unspecified atom stereocenters. The van der Waals surface area contributed by atoms with Gasteiger partial charge in [0, 0.05) is 11.6 Å². The van der Waals surface area contributed by atoms with Crippen molar-refractivity contribution in [3.63, 3.8) is 0 Å². The van der Waals surface area contributed by atoms with Crippen LogP contribution in [0.4, 0.5) is 0 Å². The molecular weight excluding hydrogens is 310 g/mol. The third-order valence-corrected chi connectivity index (χ3v) is 6.26. The van der Waals surface area contributed by atoms with E-state index in [4.69, 9.17) is 16.3 Å². The molecule has 0 bridgehead atoms. The Labute approximate surface area is 142 Å². The molecule has 0 spiro atoms. The van der Waals surface area contributed by atoms with Crippen LogP contribution in [0.1, 0.15) is 50.5 Å². The minimum absolute atomic E-state index is 0.254. The summed E-state index contributed by atoms with van der Waals surface area (Å²) in [6, 6.07) is 8.19. The Kier molecular flexibility index (Phi) is 4.10. The number of amides is 1. The second-order valence-electron chi connectivity index (χ2n) is 7.20. The van der Waals surface area contributed by atoms with Gasteiger partial charge in [0.25, 0.3) is 0 Å². The van der Waals surface area contributed by atoms with E-state index >= 15 is 0 Å². The monoisotopic (exact) mass is 333 g/mol.